The highest BCUT2D eigenvalue weighted by molar-refractivity contribution is 5.99. The van der Waals surface area contributed by atoms with Gasteiger partial charge in [-0.05, 0) is 12.1 Å². The Balaban J connectivity index is 2.05. The number of hydrogen-bond donors (Lipinski definition) is 3. The van der Waals surface area contributed by atoms with Gasteiger partial charge in [0, 0.05) is 24.9 Å². The van der Waals surface area contributed by atoms with E-state index in [2.05, 4.69) is 15.3 Å². The molecule has 0 unspecified atom stereocenters. The van der Waals surface area contributed by atoms with E-state index in [4.69, 9.17) is 5.73 Å². The number of hydrogen-bond acceptors (Lipinski definition) is 3. The summed E-state index contributed by atoms with van der Waals surface area (Å²) in [5.74, 6) is -0.641. The van der Waals surface area contributed by atoms with Crippen molar-refractivity contribution in [3.8, 4) is 0 Å². The van der Waals surface area contributed by atoms with Crippen LogP contribution in [-0.2, 0) is 12.6 Å². The highest BCUT2D eigenvalue weighted by atomic mass is 19.4. The minimum Gasteiger partial charge on any atom is -0.398 e. The van der Waals surface area contributed by atoms with Crippen LogP contribution in [0.1, 0.15) is 21.6 Å². The number of benzene rings is 1. The molecule has 2 rings (SSSR count). The van der Waals surface area contributed by atoms with E-state index in [1.165, 1.54) is 12.4 Å². The molecular weight excluding hydrogens is 285 g/mol. The van der Waals surface area contributed by atoms with Gasteiger partial charge in [0.1, 0.15) is 0 Å². The minimum atomic E-state index is -4.59. The van der Waals surface area contributed by atoms with E-state index in [9.17, 15) is 18.0 Å². The molecule has 0 aliphatic heterocycles. The van der Waals surface area contributed by atoms with Crippen molar-refractivity contribution in [2.24, 2.45) is 0 Å². The van der Waals surface area contributed by atoms with Crippen LogP contribution in [0.25, 0.3) is 0 Å². The van der Waals surface area contributed by atoms with Gasteiger partial charge in [-0.1, -0.05) is 6.07 Å². The van der Waals surface area contributed by atoms with Gasteiger partial charge >= 0.3 is 6.18 Å². The maximum absolute atomic E-state index is 12.7. The van der Waals surface area contributed by atoms with E-state index in [1.54, 1.807) is 6.20 Å². The molecule has 5 nitrogen and oxygen atoms in total. The zero-order valence-corrected chi connectivity index (χ0v) is 10.9. The predicted molar refractivity (Wildman–Crippen MR) is 70.5 cm³/mol. The number of alkyl halides is 3. The Labute approximate surface area is 118 Å². The molecule has 0 fully saturated rings. The van der Waals surface area contributed by atoms with Crippen LogP contribution in [0.3, 0.4) is 0 Å². The first-order valence-electron chi connectivity index (χ1n) is 6.10. The van der Waals surface area contributed by atoms with Gasteiger partial charge in [0.05, 0.1) is 23.1 Å². The summed E-state index contributed by atoms with van der Waals surface area (Å²) >= 11 is 0. The lowest BCUT2D eigenvalue weighted by Gasteiger charge is -2.13. The Hall–Kier alpha value is -2.51. The Morgan fingerprint density at radius 2 is 2.14 bits per heavy atom. The third kappa shape index (κ3) is 3.53. The summed E-state index contributed by atoms with van der Waals surface area (Å²) in [5, 5.41) is 2.52. The van der Waals surface area contributed by atoms with Crippen molar-refractivity contribution in [1.29, 1.82) is 0 Å². The molecule has 2 aromatic rings. The van der Waals surface area contributed by atoms with Gasteiger partial charge in [-0.25, -0.2) is 4.98 Å². The average Bonchev–Trinajstić information content (AvgIpc) is 2.90. The second-order valence-corrected chi connectivity index (χ2v) is 4.35. The molecule has 0 spiro atoms. The molecule has 0 radical (unpaired) electrons. The van der Waals surface area contributed by atoms with Gasteiger partial charge in [0.2, 0.25) is 0 Å². The highest BCUT2D eigenvalue weighted by Gasteiger charge is 2.34. The largest absolute Gasteiger partial charge is 0.418 e. The zero-order chi connectivity index (χ0) is 15.5. The molecule has 0 atom stereocenters. The topological polar surface area (TPSA) is 83.8 Å². The third-order valence-corrected chi connectivity index (χ3v) is 2.89. The zero-order valence-electron chi connectivity index (χ0n) is 10.9. The number of imidazole rings is 1. The van der Waals surface area contributed by atoms with Gasteiger partial charge in [-0.3, -0.25) is 4.79 Å². The lowest BCUT2D eigenvalue weighted by atomic mass is 10.1. The number of halogens is 3. The van der Waals surface area contributed by atoms with Crippen LogP contribution >= 0.6 is 0 Å². The number of H-pyrrole nitrogens is 1. The van der Waals surface area contributed by atoms with E-state index in [1.807, 2.05) is 0 Å². The molecule has 0 bridgehead atoms. The first-order chi connectivity index (χ1) is 9.89. The molecular formula is C13H13F3N4O. The molecule has 0 aliphatic carbocycles. The number of rotatable bonds is 4. The van der Waals surface area contributed by atoms with Crippen molar-refractivity contribution >= 4 is 11.6 Å². The van der Waals surface area contributed by atoms with Crippen LogP contribution in [0, 0.1) is 0 Å². The van der Waals surface area contributed by atoms with Crippen LogP contribution in [-0.4, -0.2) is 22.4 Å². The summed E-state index contributed by atoms with van der Waals surface area (Å²) in [4.78, 5) is 18.6. The van der Waals surface area contributed by atoms with Gasteiger partial charge in [-0.15, -0.1) is 0 Å². The highest BCUT2D eigenvalue weighted by Crippen LogP contribution is 2.34. The molecule has 4 N–H and O–H groups in total. The molecule has 8 heteroatoms. The Bertz CT molecular complexity index is 623. The van der Waals surface area contributed by atoms with E-state index in [0.717, 1.165) is 17.8 Å². The normalized spacial score (nSPS) is 11.4. The van der Waals surface area contributed by atoms with Crippen molar-refractivity contribution in [2.75, 3.05) is 12.3 Å². The molecule has 1 amide bonds. The standard InChI is InChI=1S/C13H13F3N4O/c14-13(15,16)10-3-1-2-9(11(10)17)12(21)19-5-4-8-6-18-7-20-8/h1-3,6-7H,4-5,17H2,(H,18,20)(H,19,21). The first kappa shape index (κ1) is 14.9. The number of nitrogens with one attached hydrogen (secondary N) is 2. The molecule has 1 aromatic carbocycles. The number of nitrogens with two attached hydrogens (primary N) is 1. The number of anilines is 1. The van der Waals surface area contributed by atoms with Crippen LogP contribution in [0.5, 0.6) is 0 Å². The van der Waals surface area contributed by atoms with Crippen molar-refractivity contribution in [3.05, 3.63) is 47.5 Å². The molecule has 1 heterocycles. The Kier molecular flexibility index (Phi) is 4.15. The lowest BCUT2D eigenvalue weighted by Crippen LogP contribution is -2.27. The SMILES string of the molecule is Nc1c(C(=O)NCCc2cnc[nH]2)cccc1C(F)(F)F. The average molecular weight is 298 g/mol. The van der Waals surface area contributed by atoms with Gasteiger partial charge in [0.15, 0.2) is 0 Å². The summed E-state index contributed by atoms with van der Waals surface area (Å²) in [6, 6.07) is 3.26. The predicted octanol–water partition coefficient (Wildman–Crippen LogP) is 1.98. The summed E-state index contributed by atoms with van der Waals surface area (Å²) < 4.78 is 38.1. The number of carbonyl (C=O) groups excluding carboxylic acids is 1. The number of carbonyl (C=O) groups is 1. The van der Waals surface area contributed by atoms with E-state index in [-0.39, 0.29) is 12.1 Å². The van der Waals surface area contributed by atoms with Crippen molar-refractivity contribution in [1.82, 2.24) is 15.3 Å². The molecule has 0 aliphatic rings. The van der Waals surface area contributed by atoms with Crippen LogP contribution < -0.4 is 11.1 Å². The smallest absolute Gasteiger partial charge is 0.398 e. The van der Waals surface area contributed by atoms with E-state index < -0.39 is 23.3 Å². The summed E-state index contributed by atoms with van der Waals surface area (Å²) in [7, 11) is 0. The fourth-order valence-corrected chi connectivity index (χ4v) is 1.84. The van der Waals surface area contributed by atoms with E-state index in [0.29, 0.717) is 6.42 Å². The second-order valence-electron chi connectivity index (χ2n) is 4.35. The first-order valence-corrected chi connectivity index (χ1v) is 6.10. The van der Waals surface area contributed by atoms with Crippen LogP contribution in [0.2, 0.25) is 0 Å². The lowest BCUT2D eigenvalue weighted by molar-refractivity contribution is -0.136. The number of para-hydroxylation sites is 1. The molecule has 1 aromatic heterocycles. The Morgan fingerprint density at radius 1 is 1.38 bits per heavy atom. The Morgan fingerprint density at radius 3 is 2.76 bits per heavy atom. The molecule has 0 saturated heterocycles. The fraction of sp³-hybridized carbons (Fsp3) is 0.231. The van der Waals surface area contributed by atoms with Crippen molar-refractivity contribution in [3.63, 3.8) is 0 Å². The summed E-state index contributed by atoms with van der Waals surface area (Å²) in [5.41, 5.74) is 4.49. The second kappa shape index (κ2) is 5.86. The van der Waals surface area contributed by atoms with E-state index >= 15 is 0 Å². The van der Waals surface area contributed by atoms with Gasteiger partial charge in [0.25, 0.3) is 5.91 Å². The number of aromatic nitrogens is 2. The maximum atomic E-state index is 12.7. The van der Waals surface area contributed by atoms with Gasteiger partial charge in [-0.2, -0.15) is 13.2 Å². The molecule has 0 saturated carbocycles. The fourth-order valence-electron chi connectivity index (χ4n) is 1.84. The number of nitrogens with zero attached hydrogens (tertiary/aromatic N) is 1. The number of amides is 1. The summed E-state index contributed by atoms with van der Waals surface area (Å²) in [6.45, 7) is 0.261. The number of aromatic amines is 1. The van der Waals surface area contributed by atoms with Crippen molar-refractivity contribution in [2.45, 2.75) is 12.6 Å². The van der Waals surface area contributed by atoms with Crippen LogP contribution in [0.15, 0.2) is 30.7 Å². The third-order valence-electron chi connectivity index (χ3n) is 2.89. The maximum Gasteiger partial charge on any atom is 0.418 e. The molecule has 21 heavy (non-hydrogen) atoms. The van der Waals surface area contributed by atoms with Gasteiger partial charge < -0.3 is 16.0 Å². The number of nitrogen functional groups attached to an aromatic ring is 1. The monoisotopic (exact) mass is 298 g/mol. The van der Waals surface area contributed by atoms with Crippen LogP contribution in [0.4, 0.5) is 18.9 Å². The quantitative estimate of drug-likeness (QED) is 0.755. The summed E-state index contributed by atoms with van der Waals surface area (Å²) in [6.07, 6.45) is -0.992. The minimum absolute atomic E-state index is 0.186. The van der Waals surface area contributed by atoms with Crippen molar-refractivity contribution < 1.29 is 18.0 Å². The molecule has 112 valence electrons.